The highest BCUT2D eigenvalue weighted by molar-refractivity contribution is 8.14. The lowest BCUT2D eigenvalue weighted by atomic mass is 9.94. The second-order valence-electron chi connectivity index (χ2n) is 4.64. The highest BCUT2D eigenvalue weighted by Crippen LogP contribution is 2.39. The van der Waals surface area contributed by atoms with E-state index in [1.807, 2.05) is 0 Å². The van der Waals surface area contributed by atoms with Gasteiger partial charge in [0, 0.05) is 7.05 Å². The van der Waals surface area contributed by atoms with E-state index in [9.17, 15) is 28.5 Å². The number of rotatable bonds is 2. The Bertz CT molecular complexity index is 424. The fourth-order valence-electron chi connectivity index (χ4n) is 2.05. The third kappa shape index (κ3) is 3.12. The standard InChI is InChI=1S/C10H15F3N2O5S/c1-15(19-2)9-14-3-4(16)5(17)6(20-8(3)21-9)7(18)10(11,12)13/h3-8,16-18H,1-2H3/t3-,4-,5+,6?,7-,8-/m1/s1. The number of hydroxylamine groups is 2. The maximum absolute atomic E-state index is 12.6. The summed E-state index contributed by atoms with van der Waals surface area (Å²) in [5.41, 5.74) is -0.946. The van der Waals surface area contributed by atoms with E-state index >= 15 is 0 Å². The Morgan fingerprint density at radius 3 is 2.52 bits per heavy atom. The molecule has 1 saturated heterocycles. The number of hydrogen-bond acceptors (Lipinski definition) is 8. The van der Waals surface area contributed by atoms with Crippen molar-refractivity contribution in [2.45, 2.75) is 42.1 Å². The molecular weight excluding hydrogens is 317 g/mol. The lowest BCUT2D eigenvalue weighted by molar-refractivity contribution is -0.271. The monoisotopic (exact) mass is 332 g/mol. The summed E-state index contributed by atoms with van der Waals surface area (Å²) in [6, 6.07) is -0.936. The van der Waals surface area contributed by atoms with Crippen LogP contribution in [0.25, 0.3) is 0 Å². The quantitative estimate of drug-likeness (QED) is 0.577. The molecule has 21 heavy (non-hydrogen) atoms. The van der Waals surface area contributed by atoms with E-state index in [1.54, 1.807) is 0 Å². The van der Waals surface area contributed by atoms with Gasteiger partial charge >= 0.3 is 6.18 Å². The molecule has 0 saturated carbocycles. The van der Waals surface area contributed by atoms with Crippen LogP contribution in [0.4, 0.5) is 13.2 Å². The van der Waals surface area contributed by atoms with Crippen LogP contribution in [0.2, 0.25) is 0 Å². The fraction of sp³-hybridized carbons (Fsp3) is 0.900. The molecule has 11 heteroatoms. The molecule has 2 rings (SSSR count). The van der Waals surface area contributed by atoms with Gasteiger partial charge in [-0.1, -0.05) is 11.8 Å². The van der Waals surface area contributed by atoms with Crippen molar-refractivity contribution in [3.8, 4) is 0 Å². The molecule has 122 valence electrons. The minimum absolute atomic E-state index is 0.292. The smallest absolute Gasteiger partial charge is 0.388 e. The highest BCUT2D eigenvalue weighted by Gasteiger charge is 2.56. The zero-order chi connectivity index (χ0) is 15.9. The molecule has 1 fully saturated rings. The van der Waals surface area contributed by atoms with E-state index in [1.165, 1.54) is 19.2 Å². The van der Waals surface area contributed by atoms with Crippen LogP contribution in [0.5, 0.6) is 0 Å². The molecular formula is C10H15F3N2O5S. The first-order valence-electron chi connectivity index (χ1n) is 5.95. The zero-order valence-electron chi connectivity index (χ0n) is 11.1. The number of amidine groups is 1. The van der Waals surface area contributed by atoms with E-state index in [-0.39, 0.29) is 0 Å². The Morgan fingerprint density at radius 2 is 2.00 bits per heavy atom. The summed E-state index contributed by atoms with van der Waals surface area (Å²) >= 11 is 0.944. The first-order valence-corrected chi connectivity index (χ1v) is 6.83. The number of aliphatic hydroxyl groups excluding tert-OH is 3. The van der Waals surface area contributed by atoms with Gasteiger partial charge in [0.25, 0.3) is 0 Å². The van der Waals surface area contributed by atoms with Crippen LogP contribution in [0.3, 0.4) is 0 Å². The lowest BCUT2D eigenvalue weighted by Crippen LogP contribution is -2.60. The summed E-state index contributed by atoms with van der Waals surface area (Å²) in [5, 5.41) is 30.4. The van der Waals surface area contributed by atoms with E-state index < -0.39 is 42.1 Å². The van der Waals surface area contributed by atoms with Crippen molar-refractivity contribution in [2.75, 3.05) is 14.2 Å². The van der Waals surface area contributed by atoms with Crippen molar-refractivity contribution in [1.82, 2.24) is 5.06 Å². The topological polar surface area (TPSA) is 94.8 Å². The van der Waals surface area contributed by atoms with Crippen LogP contribution < -0.4 is 0 Å². The largest absolute Gasteiger partial charge is 0.417 e. The van der Waals surface area contributed by atoms with Gasteiger partial charge in [0.15, 0.2) is 11.3 Å². The number of ether oxygens (including phenoxy) is 1. The Hall–Kier alpha value is -0.590. The van der Waals surface area contributed by atoms with Gasteiger partial charge in [-0.25, -0.2) is 5.06 Å². The third-order valence-corrected chi connectivity index (χ3v) is 4.47. The van der Waals surface area contributed by atoms with Crippen LogP contribution in [-0.4, -0.2) is 81.8 Å². The number of halogens is 3. The van der Waals surface area contributed by atoms with E-state index in [2.05, 4.69) is 4.99 Å². The molecule has 2 aliphatic heterocycles. The molecule has 2 heterocycles. The van der Waals surface area contributed by atoms with Crippen LogP contribution in [0.15, 0.2) is 4.99 Å². The van der Waals surface area contributed by atoms with Crippen molar-refractivity contribution in [3.63, 3.8) is 0 Å². The first-order chi connectivity index (χ1) is 9.66. The van der Waals surface area contributed by atoms with Crippen LogP contribution in [0.1, 0.15) is 0 Å². The van der Waals surface area contributed by atoms with Crippen molar-refractivity contribution in [2.24, 2.45) is 4.99 Å². The van der Waals surface area contributed by atoms with Gasteiger partial charge in [-0.15, -0.1) is 0 Å². The number of aliphatic hydroxyl groups is 3. The van der Waals surface area contributed by atoms with Crippen molar-refractivity contribution >= 4 is 16.9 Å². The zero-order valence-corrected chi connectivity index (χ0v) is 11.9. The summed E-state index contributed by atoms with van der Waals surface area (Å²) in [5.74, 6) is 0. The van der Waals surface area contributed by atoms with Crippen molar-refractivity contribution < 1.29 is 38.1 Å². The number of thioether (sulfide) groups is 1. The summed E-state index contributed by atoms with van der Waals surface area (Å²) in [6.45, 7) is 0. The summed E-state index contributed by atoms with van der Waals surface area (Å²) in [6.07, 6.45) is -13.3. The second kappa shape index (κ2) is 5.89. The van der Waals surface area contributed by atoms with E-state index in [0.717, 1.165) is 11.8 Å². The average Bonchev–Trinajstić information content (AvgIpc) is 2.84. The summed E-state index contributed by atoms with van der Waals surface area (Å²) in [7, 11) is 2.89. The predicted octanol–water partition coefficient (Wildman–Crippen LogP) is -0.679. The first kappa shape index (κ1) is 16.8. The number of hydrogen-bond donors (Lipinski definition) is 3. The predicted molar refractivity (Wildman–Crippen MR) is 66.3 cm³/mol. The Kier molecular flexibility index (Phi) is 4.71. The molecule has 1 unspecified atom stereocenters. The Balaban J connectivity index is 2.16. The maximum Gasteiger partial charge on any atom is 0.417 e. The van der Waals surface area contributed by atoms with Crippen molar-refractivity contribution in [3.05, 3.63) is 0 Å². The SMILES string of the molecule is CON(C)C1=N[C@@H]2[C@@H](O)[C@H](O)C([C@@H](O)C(F)(F)F)O[C@@H]2S1. The Morgan fingerprint density at radius 1 is 1.38 bits per heavy atom. The van der Waals surface area contributed by atoms with Gasteiger partial charge in [-0.2, -0.15) is 13.2 Å². The fourth-order valence-corrected chi connectivity index (χ4v) is 3.21. The van der Waals surface area contributed by atoms with E-state index in [0.29, 0.717) is 5.17 Å². The maximum atomic E-state index is 12.6. The number of nitrogens with zero attached hydrogens (tertiary/aromatic N) is 2. The highest BCUT2D eigenvalue weighted by atomic mass is 32.2. The van der Waals surface area contributed by atoms with Crippen molar-refractivity contribution in [1.29, 1.82) is 0 Å². The van der Waals surface area contributed by atoms with Crippen LogP contribution in [-0.2, 0) is 9.57 Å². The van der Waals surface area contributed by atoms with Crippen LogP contribution >= 0.6 is 11.8 Å². The van der Waals surface area contributed by atoms with Gasteiger partial charge < -0.3 is 20.1 Å². The normalized spacial score (nSPS) is 37.9. The molecule has 0 aliphatic carbocycles. The molecule has 0 aromatic heterocycles. The van der Waals surface area contributed by atoms with Gasteiger partial charge in [-0.05, 0) is 0 Å². The van der Waals surface area contributed by atoms with Crippen LogP contribution in [0, 0.1) is 0 Å². The average molecular weight is 332 g/mol. The van der Waals surface area contributed by atoms with Gasteiger partial charge in [0.05, 0.1) is 7.11 Å². The Labute approximate surface area is 122 Å². The summed E-state index contributed by atoms with van der Waals surface area (Å²) in [4.78, 5) is 8.93. The molecule has 7 nitrogen and oxygen atoms in total. The minimum Gasteiger partial charge on any atom is -0.388 e. The lowest BCUT2D eigenvalue weighted by Gasteiger charge is -2.40. The van der Waals surface area contributed by atoms with Gasteiger partial charge in [-0.3, -0.25) is 9.83 Å². The molecule has 0 amide bonds. The molecule has 0 spiro atoms. The molecule has 6 atom stereocenters. The number of alkyl halides is 3. The minimum atomic E-state index is -4.96. The molecule has 0 radical (unpaired) electrons. The molecule has 2 aliphatic rings. The summed E-state index contributed by atoms with van der Waals surface area (Å²) < 4.78 is 42.7. The van der Waals surface area contributed by atoms with E-state index in [4.69, 9.17) is 9.57 Å². The number of aliphatic imine (C=N–C) groups is 1. The molecule has 3 N–H and O–H groups in total. The molecule has 0 aromatic rings. The second-order valence-corrected chi connectivity index (χ2v) is 5.70. The molecule has 0 bridgehead atoms. The number of fused-ring (bicyclic) bond motifs is 1. The molecule has 0 aromatic carbocycles. The van der Waals surface area contributed by atoms with Gasteiger partial charge in [0.1, 0.15) is 29.8 Å². The third-order valence-electron chi connectivity index (χ3n) is 3.28. The van der Waals surface area contributed by atoms with Gasteiger partial charge in [0.2, 0.25) is 0 Å².